The maximum absolute atomic E-state index is 13.1. The second-order valence-corrected chi connectivity index (χ2v) is 15.3. The Balaban J connectivity index is 0.00000160. The maximum Gasteiger partial charge on any atom is 0.305 e. The van der Waals surface area contributed by atoms with Gasteiger partial charge in [-0.2, -0.15) is 11.8 Å². The Kier molecular flexibility index (Phi) is 14.5. The normalized spacial score (nSPS) is 17.1. The lowest BCUT2D eigenvalue weighted by Crippen LogP contribution is -2.58. The van der Waals surface area contributed by atoms with E-state index < -0.39 is 6.10 Å². The first-order valence-corrected chi connectivity index (χ1v) is 19.0. The van der Waals surface area contributed by atoms with Gasteiger partial charge in [-0.1, -0.05) is 31.3 Å². The molecule has 260 valence electrons. The number of piperidine rings is 1. The monoisotopic (exact) mass is 709 g/mol. The number of carbonyl (C=O) groups is 2. The molecule has 0 aliphatic carbocycles. The molecule has 5 rings (SSSR count). The first-order valence-electron chi connectivity index (χ1n) is 16.2. The molecule has 2 aliphatic rings. The minimum atomic E-state index is -0.740. The van der Waals surface area contributed by atoms with Crippen LogP contribution in [0.3, 0.4) is 0 Å². The predicted octanol–water partition coefficient (Wildman–Crippen LogP) is 4.11. The van der Waals surface area contributed by atoms with Gasteiger partial charge in [-0.3, -0.25) is 14.4 Å². The van der Waals surface area contributed by atoms with E-state index in [0.29, 0.717) is 53.6 Å². The number of amides is 1. The zero-order valence-electron chi connectivity index (χ0n) is 27.1. The molecule has 1 spiro atoms. The van der Waals surface area contributed by atoms with E-state index in [1.807, 2.05) is 22.0 Å². The van der Waals surface area contributed by atoms with Gasteiger partial charge in [0, 0.05) is 43.0 Å². The molecule has 1 amide bonds. The molecule has 3 aromatic rings. The van der Waals surface area contributed by atoms with Crippen LogP contribution in [-0.4, -0.2) is 117 Å². The number of nitrogens with zero attached hydrogens (tertiary/aromatic N) is 3. The summed E-state index contributed by atoms with van der Waals surface area (Å²) in [6, 6.07) is 3.19. The average molecular weight is 710 g/mol. The van der Waals surface area contributed by atoms with Crippen molar-refractivity contribution in [2.24, 2.45) is 0 Å². The number of carboxylic acid groups (broad SMARTS) is 1. The standard InChI is InChI=1S/C31H45N5O5S3.CH2O2/c1-21(2)28-33-23(19-43-28)29(39)36-14-15-41-31(20-36)8-12-35(13-9-31)11-5-17-42-16-4-3-10-32-18-25(38)22-6-7-24(37)26-27(22)44-30(40)34-26;2-1-3/h6-7,19,21,25,32,37-38H,3-5,8-18,20H2,1-2H3,(H,34,40);1H,(H,2,3)/t25-;/m0./s1. The second kappa shape index (κ2) is 18.3. The number of likely N-dealkylation sites (tertiary alicyclic amines) is 1. The largest absolute Gasteiger partial charge is 0.506 e. The molecular formula is C32H47N5O7S3. The van der Waals surface area contributed by atoms with Gasteiger partial charge in [-0.25, -0.2) is 4.98 Å². The summed E-state index contributed by atoms with van der Waals surface area (Å²) in [5.41, 5.74) is 1.40. The number of nitrogens with one attached hydrogen (secondary N) is 2. The van der Waals surface area contributed by atoms with Crippen molar-refractivity contribution >= 4 is 57.0 Å². The van der Waals surface area contributed by atoms with E-state index in [1.54, 1.807) is 17.4 Å². The molecule has 5 N–H and O–H groups in total. The SMILES string of the molecule is CC(C)c1nc(C(=O)N2CCOC3(CCN(CCCSCCCCNC[C@H](O)c4ccc(O)c5[nH]c(=O)sc45)CC3)C2)cs1.O=CO. The molecule has 2 aromatic heterocycles. The Morgan fingerprint density at radius 2 is 1.96 bits per heavy atom. The fourth-order valence-corrected chi connectivity index (χ4v) is 8.59. The number of aliphatic hydroxyl groups is 1. The number of fused-ring (bicyclic) bond motifs is 1. The molecule has 47 heavy (non-hydrogen) atoms. The Hall–Kier alpha value is -2.53. The van der Waals surface area contributed by atoms with Gasteiger partial charge >= 0.3 is 4.87 Å². The van der Waals surface area contributed by atoms with Gasteiger partial charge in [-0.05, 0) is 62.8 Å². The summed E-state index contributed by atoms with van der Waals surface area (Å²) in [5.74, 6) is 2.67. The number of aromatic nitrogens is 2. The molecule has 4 heterocycles. The van der Waals surface area contributed by atoms with Crippen molar-refractivity contribution in [1.29, 1.82) is 0 Å². The molecule has 12 nitrogen and oxygen atoms in total. The van der Waals surface area contributed by atoms with E-state index in [1.165, 1.54) is 12.5 Å². The highest BCUT2D eigenvalue weighted by Crippen LogP contribution is 2.32. The number of aromatic amines is 1. The Bertz CT molecular complexity index is 1490. The minimum Gasteiger partial charge on any atom is -0.506 e. The van der Waals surface area contributed by atoms with Crippen LogP contribution in [0.2, 0.25) is 0 Å². The van der Waals surface area contributed by atoms with Crippen LogP contribution in [0.5, 0.6) is 5.75 Å². The molecule has 0 radical (unpaired) electrons. The predicted molar refractivity (Wildman–Crippen MR) is 188 cm³/mol. The minimum absolute atomic E-state index is 0.0205. The third-order valence-electron chi connectivity index (χ3n) is 8.48. The van der Waals surface area contributed by atoms with Crippen molar-refractivity contribution in [2.45, 2.75) is 63.6 Å². The van der Waals surface area contributed by atoms with Crippen LogP contribution in [0.15, 0.2) is 22.3 Å². The summed E-state index contributed by atoms with van der Waals surface area (Å²) in [6.45, 7) is 10.2. The van der Waals surface area contributed by atoms with Crippen molar-refractivity contribution in [3.05, 3.63) is 43.4 Å². The lowest BCUT2D eigenvalue weighted by atomic mass is 9.89. The topological polar surface area (TPSA) is 168 Å². The van der Waals surface area contributed by atoms with E-state index in [9.17, 15) is 19.8 Å². The number of phenols is 1. The smallest absolute Gasteiger partial charge is 0.305 e. The molecular weight excluding hydrogens is 663 g/mol. The Morgan fingerprint density at radius 1 is 1.21 bits per heavy atom. The van der Waals surface area contributed by atoms with Gasteiger partial charge < -0.3 is 40.2 Å². The van der Waals surface area contributed by atoms with Crippen LogP contribution in [0.1, 0.15) is 79.0 Å². The number of carbonyl (C=O) groups excluding carboxylic acids is 1. The number of hydrogen-bond donors (Lipinski definition) is 5. The van der Waals surface area contributed by atoms with Gasteiger partial charge in [-0.15, -0.1) is 11.3 Å². The van der Waals surface area contributed by atoms with Crippen molar-refractivity contribution in [3.8, 4) is 5.75 Å². The summed E-state index contributed by atoms with van der Waals surface area (Å²) in [7, 11) is 0. The number of hydrogen-bond acceptors (Lipinski definition) is 12. The van der Waals surface area contributed by atoms with Gasteiger partial charge in [0.15, 0.2) is 0 Å². The van der Waals surface area contributed by atoms with Gasteiger partial charge in [0.1, 0.15) is 17.0 Å². The van der Waals surface area contributed by atoms with Gasteiger partial charge in [0.05, 0.1) is 34.6 Å². The van der Waals surface area contributed by atoms with Crippen molar-refractivity contribution < 1.29 is 29.6 Å². The number of thiazole rings is 2. The molecule has 2 fully saturated rings. The van der Waals surface area contributed by atoms with Crippen LogP contribution in [0, 0.1) is 0 Å². The number of benzene rings is 1. The Labute approximate surface area is 287 Å². The summed E-state index contributed by atoms with van der Waals surface area (Å²) in [6.07, 6.45) is 4.51. The molecule has 0 saturated carbocycles. The van der Waals surface area contributed by atoms with E-state index in [4.69, 9.17) is 14.6 Å². The summed E-state index contributed by atoms with van der Waals surface area (Å²) < 4.78 is 6.90. The number of aliphatic hydroxyl groups excluding tert-OH is 1. The van der Waals surface area contributed by atoms with Crippen molar-refractivity contribution in [1.82, 2.24) is 25.1 Å². The van der Waals surface area contributed by atoms with E-state index >= 15 is 0 Å². The Morgan fingerprint density at radius 3 is 2.68 bits per heavy atom. The van der Waals surface area contributed by atoms with Crippen LogP contribution in [0.25, 0.3) is 10.2 Å². The average Bonchev–Trinajstić information content (AvgIpc) is 3.71. The summed E-state index contributed by atoms with van der Waals surface area (Å²) in [4.78, 5) is 44.6. The number of thioether (sulfide) groups is 1. The fourth-order valence-electron chi connectivity index (χ4n) is 5.91. The molecule has 0 bridgehead atoms. The molecule has 2 aliphatic heterocycles. The lowest BCUT2D eigenvalue weighted by molar-refractivity contribution is -0.127. The molecule has 1 aromatic carbocycles. The number of rotatable bonds is 14. The molecule has 15 heteroatoms. The highest BCUT2D eigenvalue weighted by Gasteiger charge is 2.41. The number of unbranched alkanes of at least 4 members (excludes halogenated alkanes) is 1. The van der Waals surface area contributed by atoms with Crippen LogP contribution >= 0.6 is 34.4 Å². The quantitative estimate of drug-likeness (QED) is 0.121. The zero-order chi connectivity index (χ0) is 33.8. The lowest BCUT2D eigenvalue weighted by Gasteiger charge is -2.47. The van der Waals surface area contributed by atoms with E-state index in [2.05, 4.69) is 34.0 Å². The third-order valence-corrected chi connectivity index (χ3v) is 11.7. The second-order valence-electron chi connectivity index (χ2n) is 12.2. The van der Waals surface area contributed by atoms with E-state index in [0.717, 1.165) is 79.7 Å². The maximum atomic E-state index is 13.1. The molecule has 1 atom stereocenters. The van der Waals surface area contributed by atoms with Crippen LogP contribution < -0.4 is 10.2 Å². The zero-order valence-corrected chi connectivity index (χ0v) is 29.6. The first kappa shape index (κ1) is 37.3. The third kappa shape index (κ3) is 10.5. The molecule has 2 saturated heterocycles. The van der Waals surface area contributed by atoms with Gasteiger partial charge in [0.25, 0.3) is 12.4 Å². The summed E-state index contributed by atoms with van der Waals surface area (Å²) in [5, 5.41) is 33.7. The van der Waals surface area contributed by atoms with Crippen LogP contribution in [-0.2, 0) is 9.53 Å². The summed E-state index contributed by atoms with van der Waals surface area (Å²) >= 11 is 4.58. The van der Waals surface area contributed by atoms with E-state index in [-0.39, 0.29) is 28.6 Å². The highest BCUT2D eigenvalue weighted by atomic mass is 32.2. The number of aromatic hydroxyl groups is 1. The number of phenolic OH excluding ortho intramolecular Hbond substituents is 1. The highest BCUT2D eigenvalue weighted by molar-refractivity contribution is 7.99. The first-order chi connectivity index (χ1) is 22.7. The van der Waals surface area contributed by atoms with Crippen LogP contribution in [0.4, 0.5) is 0 Å². The number of morpholine rings is 1. The van der Waals surface area contributed by atoms with Gasteiger partial charge in [0.2, 0.25) is 0 Å². The molecule has 0 unspecified atom stereocenters. The number of H-pyrrole nitrogens is 1. The van der Waals surface area contributed by atoms with Crippen molar-refractivity contribution in [3.63, 3.8) is 0 Å². The number of ether oxygens (including phenoxy) is 1. The van der Waals surface area contributed by atoms with Crippen molar-refractivity contribution in [2.75, 3.05) is 63.9 Å². The fraction of sp³-hybridized carbons (Fsp3) is 0.625.